The maximum absolute atomic E-state index is 12.0. The van der Waals surface area contributed by atoms with Crippen molar-refractivity contribution in [1.82, 2.24) is 0 Å². The van der Waals surface area contributed by atoms with Gasteiger partial charge in [0, 0.05) is 0 Å². The van der Waals surface area contributed by atoms with Crippen LogP contribution in [-0.2, 0) is 23.8 Å². The van der Waals surface area contributed by atoms with Crippen molar-refractivity contribution >= 4 is 35.2 Å². The van der Waals surface area contributed by atoms with E-state index in [-0.39, 0.29) is 10.6 Å². The lowest BCUT2D eigenvalue weighted by Crippen LogP contribution is -2.23. The summed E-state index contributed by atoms with van der Waals surface area (Å²) >= 11 is 6.06. The molecular formula is C18H21ClO5. The minimum atomic E-state index is -0.655. The summed E-state index contributed by atoms with van der Waals surface area (Å²) in [6.45, 7) is 5.25. The molecule has 0 atom stereocenters. The van der Waals surface area contributed by atoms with Crippen LogP contribution in [0.4, 0.5) is 0 Å². The zero-order chi connectivity index (χ0) is 18.3. The van der Waals surface area contributed by atoms with Gasteiger partial charge >= 0.3 is 11.9 Å². The summed E-state index contributed by atoms with van der Waals surface area (Å²) in [6, 6.07) is 6.93. The molecule has 0 fully saturated rings. The van der Waals surface area contributed by atoms with E-state index in [2.05, 4.69) is 0 Å². The molecule has 130 valence electrons. The topological polar surface area (TPSA) is 61.8 Å². The molecule has 0 radical (unpaired) electrons. The van der Waals surface area contributed by atoms with Crippen molar-refractivity contribution in [2.75, 3.05) is 14.2 Å². The highest BCUT2D eigenvalue weighted by molar-refractivity contribution is 6.43. The van der Waals surface area contributed by atoms with Crippen molar-refractivity contribution in [2.24, 2.45) is 0 Å². The lowest BCUT2D eigenvalue weighted by Gasteiger charge is -2.19. The Morgan fingerprint density at radius 1 is 1.08 bits per heavy atom. The van der Waals surface area contributed by atoms with Gasteiger partial charge in [-0.05, 0) is 38.0 Å². The summed E-state index contributed by atoms with van der Waals surface area (Å²) in [5, 5.41) is -0.0981. The van der Waals surface area contributed by atoms with E-state index in [1.165, 1.54) is 26.6 Å². The Labute approximate surface area is 146 Å². The van der Waals surface area contributed by atoms with E-state index in [4.69, 9.17) is 25.8 Å². The highest BCUT2D eigenvalue weighted by Crippen LogP contribution is 2.24. The van der Waals surface area contributed by atoms with Crippen LogP contribution in [0.25, 0.3) is 11.6 Å². The molecular weight excluding hydrogens is 332 g/mol. The van der Waals surface area contributed by atoms with Gasteiger partial charge in [0.05, 0.1) is 20.5 Å². The van der Waals surface area contributed by atoms with Crippen LogP contribution in [0.1, 0.15) is 31.9 Å². The fourth-order valence-corrected chi connectivity index (χ4v) is 2.00. The summed E-state index contributed by atoms with van der Waals surface area (Å²) in [5.41, 5.74) is 0.632. The van der Waals surface area contributed by atoms with E-state index in [1.807, 2.05) is 0 Å². The Kier molecular flexibility index (Phi) is 7.04. The van der Waals surface area contributed by atoms with Crippen LogP contribution in [0.2, 0.25) is 0 Å². The zero-order valence-electron chi connectivity index (χ0n) is 14.4. The van der Waals surface area contributed by atoms with Gasteiger partial charge in [0.2, 0.25) is 0 Å². The Morgan fingerprint density at radius 2 is 1.71 bits per heavy atom. The Hall–Kier alpha value is -2.27. The Bertz CT molecular complexity index is 668. The molecule has 6 heteroatoms. The summed E-state index contributed by atoms with van der Waals surface area (Å²) in [6.07, 6.45) is 2.72. The van der Waals surface area contributed by atoms with E-state index >= 15 is 0 Å². The van der Waals surface area contributed by atoms with Crippen molar-refractivity contribution in [2.45, 2.75) is 26.4 Å². The molecule has 0 N–H and O–H groups in total. The second-order valence-electron chi connectivity index (χ2n) is 5.84. The van der Waals surface area contributed by atoms with Gasteiger partial charge < -0.3 is 14.2 Å². The lowest BCUT2D eigenvalue weighted by molar-refractivity contribution is -0.149. The first-order chi connectivity index (χ1) is 11.2. The Balaban J connectivity index is 3.27. The average molecular weight is 353 g/mol. The molecule has 5 nitrogen and oxygen atoms in total. The third-order valence-electron chi connectivity index (χ3n) is 2.77. The summed E-state index contributed by atoms with van der Waals surface area (Å²) in [4.78, 5) is 24.0. The predicted octanol–water partition coefficient (Wildman–Crippen LogP) is 3.77. The van der Waals surface area contributed by atoms with E-state index in [9.17, 15) is 9.59 Å². The molecule has 0 heterocycles. The Morgan fingerprint density at radius 3 is 2.25 bits per heavy atom. The highest BCUT2D eigenvalue weighted by Gasteiger charge is 2.20. The van der Waals surface area contributed by atoms with Gasteiger partial charge in [0.25, 0.3) is 0 Å². The van der Waals surface area contributed by atoms with Crippen molar-refractivity contribution in [3.63, 3.8) is 0 Å². The standard InChI is InChI=1S/C18H21ClO5/c1-18(2,3)24-17(21)15(19)10-12-8-6-7-9-13(12)14(11-22-4)16(20)23-5/h6-11H,1-5H3. The molecule has 1 aromatic carbocycles. The van der Waals surface area contributed by atoms with Crippen LogP contribution < -0.4 is 0 Å². The molecule has 24 heavy (non-hydrogen) atoms. The molecule has 0 aliphatic carbocycles. The van der Waals surface area contributed by atoms with Crippen LogP contribution in [0.5, 0.6) is 0 Å². The number of rotatable bonds is 5. The van der Waals surface area contributed by atoms with Crippen LogP contribution in [-0.4, -0.2) is 31.8 Å². The van der Waals surface area contributed by atoms with Crippen LogP contribution in [0, 0.1) is 0 Å². The van der Waals surface area contributed by atoms with Crippen molar-refractivity contribution in [1.29, 1.82) is 0 Å². The van der Waals surface area contributed by atoms with Crippen LogP contribution in [0.3, 0.4) is 0 Å². The molecule has 0 aromatic heterocycles. The van der Waals surface area contributed by atoms with Crippen LogP contribution >= 0.6 is 11.6 Å². The smallest absolute Gasteiger partial charge is 0.350 e. The van der Waals surface area contributed by atoms with E-state index in [0.717, 1.165) is 0 Å². The third kappa shape index (κ3) is 5.74. The molecule has 0 spiro atoms. The minimum Gasteiger partial charge on any atom is -0.503 e. The van der Waals surface area contributed by atoms with Crippen molar-refractivity contribution < 1.29 is 23.8 Å². The largest absolute Gasteiger partial charge is 0.503 e. The molecule has 0 amide bonds. The minimum absolute atomic E-state index is 0.0981. The summed E-state index contributed by atoms with van der Waals surface area (Å²) < 4.78 is 14.9. The number of hydrogen-bond acceptors (Lipinski definition) is 5. The monoisotopic (exact) mass is 352 g/mol. The van der Waals surface area contributed by atoms with Gasteiger partial charge in [-0.15, -0.1) is 0 Å². The molecule has 0 aliphatic heterocycles. The molecule has 1 rings (SSSR count). The highest BCUT2D eigenvalue weighted by atomic mass is 35.5. The quantitative estimate of drug-likeness (QED) is 0.458. The van der Waals surface area contributed by atoms with Gasteiger partial charge in [-0.25, -0.2) is 9.59 Å². The number of benzene rings is 1. The van der Waals surface area contributed by atoms with E-state index in [0.29, 0.717) is 11.1 Å². The number of halogens is 1. The summed E-state index contributed by atoms with van der Waals surface area (Å²) in [7, 11) is 2.70. The maximum atomic E-state index is 12.0. The van der Waals surface area contributed by atoms with Gasteiger partial charge in [-0.2, -0.15) is 0 Å². The second-order valence-corrected chi connectivity index (χ2v) is 6.25. The summed E-state index contributed by atoms with van der Waals surface area (Å²) in [5.74, 6) is -1.21. The molecule has 0 bridgehead atoms. The SMILES string of the molecule is COC=C(C(=O)OC)c1ccccc1C=C(Cl)C(=O)OC(C)(C)C. The maximum Gasteiger partial charge on any atom is 0.350 e. The number of hydrogen-bond donors (Lipinski definition) is 0. The number of ether oxygens (including phenoxy) is 3. The first-order valence-corrected chi connectivity index (χ1v) is 7.58. The number of esters is 2. The fourth-order valence-electron chi connectivity index (χ4n) is 1.84. The second kappa shape index (κ2) is 8.55. The van der Waals surface area contributed by atoms with Crippen LogP contribution in [0.15, 0.2) is 35.6 Å². The normalized spacial score (nSPS) is 12.6. The lowest BCUT2D eigenvalue weighted by atomic mass is 10.00. The number of carbonyl (C=O) groups is 2. The third-order valence-corrected chi connectivity index (χ3v) is 3.03. The van der Waals surface area contributed by atoms with E-state index in [1.54, 1.807) is 45.0 Å². The van der Waals surface area contributed by atoms with Gasteiger partial charge in [-0.1, -0.05) is 35.9 Å². The zero-order valence-corrected chi connectivity index (χ0v) is 15.1. The van der Waals surface area contributed by atoms with Gasteiger partial charge in [0.15, 0.2) is 0 Å². The van der Waals surface area contributed by atoms with E-state index < -0.39 is 17.5 Å². The van der Waals surface area contributed by atoms with Gasteiger partial charge in [-0.3, -0.25) is 0 Å². The molecule has 0 saturated carbocycles. The number of carbonyl (C=O) groups excluding carboxylic acids is 2. The first kappa shape index (κ1) is 19.8. The molecule has 0 unspecified atom stereocenters. The van der Waals surface area contributed by atoms with Crippen molar-refractivity contribution in [3.8, 4) is 0 Å². The number of methoxy groups -OCH3 is 2. The van der Waals surface area contributed by atoms with Crippen molar-refractivity contribution in [3.05, 3.63) is 46.7 Å². The predicted molar refractivity (Wildman–Crippen MR) is 93.1 cm³/mol. The first-order valence-electron chi connectivity index (χ1n) is 7.21. The molecule has 0 aliphatic rings. The van der Waals surface area contributed by atoms with Gasteiger partial charge in [0.1, 0.15) is 16.2 Å². The average Bonchev–Trinajstić information content (AvgIpc) is 2.51. The molecule has 1 aromatic rings. The molecule has 0 saturated heterocycles. The fraction of sp³-hybridized carbons (Fsp3) is 0.333.